The van der Waals surface area contributed by atoms with Gasteiger partial charge in [-0.15, -0.1) is 0 Å². The number of pyridine rings is 1. The van der Waals surface area contributed by atoms with Gasteiger partial charge in [-0.2, -0.15) is 0 Å². The fourth-order valence-electron chi connectivity index (χ4n) is 3.82. The lowest BCUT2D eigenvalue weighted by Crippen LogP contribution is -2.35. The molecule has 142 valence electrons. The van der Waals surface area contributed by atoms with E-state index in [4.69, 9.17) is 16.6 Å². The van der Waals surface area contributed by atoms with Crippen LogP contribution in [0.5, 0.6) is 0 Å². The zero-order chi connectivity index (χ0) is 19.1. The summed E-state index contributed by atoms with van der Waals surface area (Å²) in [7, 11) is 0. The second kappa shape index (κ2) is 7.13. The molecule has 3 aromatic rings. The Morgan fingerprint density at radius 1 is 1.04 bits per heavy atom. The topological polar surface area (TPSA) is 59.0 Å². The molecule has 0 spiro atoms. The number of likely N-dealkylation sites (tertiary alicyclic amines) is 1. The molecule has 0 N–H and O–H groups in total. The number of rotatable bonds is 3. The fraction of sp³-hybridized carbons (Fsp3) is 0.364. The average molecular weight is 393 g/mol. The Kier molecular flexibility index (Phi) is 4.47. The van der Waals surface area contributed by atoms with Gasteiger partial charge in [-0.25, -0.2) is 15.0 Å². The zero-order valence-electron chi connectivity index (χ0n) is 15.6. The van der Waals surface area contributed by atoms with Crippen LogP contribution in [0.15, 0.2) is 36.7 Å². The number of hydrogen-bond acceptors (Lipinski definition) is 4. The van der Waals surface area contributed by atoms with E-state index in [2.05, 4.69) is 9.97 Å². The number of nitrogens with zero attached hydrogens (tertiary/aromatic N) is 4. The molecule has 5 nitrogen and oxygen atoms in total. The highest BCUT2D eigenvalue weighted by molar-refractivity contribution is 6.31. The van der Waals surface area contributed by atoms with Gasteiger partial charge in [0.2, 0.25) is 0 Å². The van der Waals surface area contributed by atoms with Crippen LogP contribution in [0.1, 0.15) is 54.2 Å². The van der Waals surface area contributed by atoms with Gasteiger partial charge in [0.05, 0.1) is 16.8 Å². The first-order valence-electron chi connectivity index (χ1n) is 9.91. The van der Waals surface area contributed by atoms with Crippen molar-refractivity contribution in [1.82, 2.24) is 19.9 Å². The van der Waals surface area contributed by atoms with E-state index in [0.717, 1.165) is 48.2 Å². The molecule has 2 fully saturated rings. The van der Waals surface area contributed by atoms with E-state index in [1.165, 1.54) is 19.3 Å². The van der Waals surface area contributed by atoms with Gasteiger partial charge >= 0.3 is 0 Å². The monoisotopic (exact) mass is 392 g/mol. The minimum absolute atomic E-state index is 0.0613. The Morgan fingerprint density at radius 2 is 1.79 bits per heavy atom. The van der Waals surface area contributed by atoms with Crippen molar-refractivity contribution in [3.63, 3.8) is 0 Å². The van der Waals surface area contributed by atoms with Gasteiger partial charge in [-0.05, 0) is 50.3 Å². The van der Waals surface area contributed by atoms with Crippen LogP contribution in [0.4, 0.5) is 0 Å². The van der Waals surface area contributed by atoms with Crippen LogP contribution in [-0.4, -0.2) is 38.8 Å². The molecule has 0 unspecified atom stereocenters. The third kappa shape index (κ3) is 3.35. The largest absolute Gasteiger partial charge is 0.339 e. The van der Waals surface area contributed by atoms with Gasteiger partial charge in [0, 0.05) is 47.4 Å². The number of benzene rings is 1. The van der Waals surface area contributed by atoms with Crippen molar-refractivity contribution in [2.24, 2.45) is 0 Å². The fourth-order valence-corrected chi connectivity index (χ4v) is 3.98. The first-order valence-corrected chi connectivity index (χ1v) is 10.3. The van der Waals surface area contributed by atoms with E-state index in [9.17, 15) is 4.79 Å². The van der Waals surface area contributed by atoms with E-state index >= 15 is 0 Å². The lowest BCUT2D eigenvalue weighted by Gasteiger charge is -2.27. The molecule has 1 saturated carbocycles. The number of amides is 1. The van der Waals surface area contributed by atoms with E-state index < -0.39 is 0 Å². The SMILES string of the molecule is O=C(c1cc(-c2cnc(C3CC3)nc2)nc2cc(Cl)ccc12)N1CCCCC1. The standard InChI is InChI=1S/C22H21ClN4O/c23-16-6-7-17-18(22(28)27-8-2-1-3-9-27)11-19(26-20(17)10-16)15-12-24-21(25-13-15)14-4-5-14/h6-7,10-14H,1-5,8-9H2. The van der Waals surface area contributed by atoms with Crippen molar-refractivity contribution in [3.8, 4) is 11.3 Å². The van der Waals surface area contributed by atoms with Gasteiger partial charge in [-0.3, -0.25) is 4.79 Å². The maximum absolute atomic E-state index is 13.3. The minimum atomic E-state index is 0.0613. The lowest BCUT2D eigenvalue weighted by atomic mass is 10.0. The Hall–Kier alpha value is -2.53. The third-order valence-electron chi connectivity index (χ3n) is 5.56. The number of carbonyl (C=O) groups excluding carboxylic acids is 1. The summed E-state index contributed by atoms with van der Waals surface area (Å²) in [4.78, 5) is 29.0. The highest BCUT2D eigenvalue weighted by Gasteiger charge is 2.26. The highest BCUT2D eigenvalue weighted by Crippen LogP contribution is 2.38. The summed E-state index contributed by atoms with van der Waals surface area (Å²) < 4.78 is 0. The highest BCUT2D eigenvalue weighted by atomic mass is 35.5. The van der Waals surface area contributed by atoms with Crippen molar-refractivity contribution in [1.29, 1.82) is 0 Å². The summed E-state index contributed by atoms with van der Waals surface area (Å²) in [6, 6.07) is 7.39. The number of halogens is 1. The predicted octanol–water partition coefficient (Wildman–Crippen LogP) is 4.85. The molecule has 1 amide bonds. The Bertz CT molecular complexity index is 1040. The van der Waals surface area contributed by atoms with E-state index in [1.807, 2.05) is 41.6 Å². The normalized spacial score (nSPS) is 17.1. The second-order valence-corrected chi connectivity index (χ2v) is 8.11. The molecule has 1 saturated heterocycles. The van der Waals surface area contributed by atoms with Crippen molar-refractivity contribution in [2.45, 2.75) is 38.0 Å². The average Bonchev–Trinajstić information content (AvgIpc) is 3.58. The smallest absolute Gasteiger partial charge is 0.254 e. The summed E-state index contributed by atoms with van der Waals surface area (Å²) in [6.07, 6.45) is 9.27. The number of aromatic nitrogens is 3. The summed E-state index contributed by atoms with van der Waals surface area (Å²) in [6.45, 7) is 1.62. The van der Waals surface area contributed by atoms with Crippen LogP contribution in [-0.2, 0) is 0 Å². The van der Waals surface area contributed by atoms with Crippen LogP contribution in [0, 0.1) is 0 Å². The molecule has 3 heterocycles. The molecule has 2 aliphatic rings. The van der Waals surface area contributed by atoms with Gasteiger partial charge < -0.3 is 4.90 Å². The summed E-state index contributed by atoms with van der Waals surface area (Å²) in [5.41, 5.74) is 2.91. The molecule has 28 heavy (non-hydrogen) atoms. The minimum Gasteiger partial charge on any atom is -0.339 e. The van der Waals surface area contributed by atoms with Crippen molar-refractivity contribution >= 4 is 28.4 Å². The molecule has 1 aliphatic carbocycles. The Labute approximate surface area is 168 Å². The van der Waals surface area contributed by atoms with Crippen LogP contribution in [0.25, 0.3) is 22.2 Å². The van der Waals surface area contributed by atoms with Gasteiger partial charge in [0.1, 0.15) is 5.82 Å². The van der Waals surface area contributed by atoms with Crippen LogP contribution in [0.2, 0.25) is 5.02 Å². The number of fused-ring (bicyclic) bond motifs is 1. The summed E-state index contributed by atoms with van der Waals surface area (Å²) in [5.74, 6) is 1.47. The van der Waals surface area contributed by atoms with Gasteiger partial charge in [0.15, 0.2) is 0 Å². The summed E-state index contributed by atoms with van der Waals surface area (Å²) in [5, 5.41) is 1.44. The van der Waals surface area contributed by atoms with Crippen LogP contribution in [0.3, 0.4) is 0 Å². The van der Waals surface area contributed by atoms with E-state index in [1.54, 1.807) is 0 Å². The quantitative estimate of drug-likeness (QED) is 0.639. The third-order valence-corrected chi connectivity index (χ3v) is 5.79. The lowest BCUT2D eigenvalue weighted by molar-refractivity contribution is 0.0726. The Balaban J connectivity index is 1.60. The first kappa shape index (κ1) is 17.6. The van der Waals surface area contributed by atoms with Crippen molar-refractivity contribution in [2.75, 3.05) is 13.1 Å². The molecule has 0 atom stereocenters. The molecule has 1 aromatic carbocycles. The zero-order valence-corrected chi connectivity index (χ0v) is 16.3. The van der Waals surface area contributed by atoms with E-state index in [0.29, 0.717) is 22.2 Å². The maximum Gasteiger partial charge on any atom is 0.254 e. The van der Waals surface area contributed by atoms with Gasteiger partial charge in [-0.1, -0.05) is 17.7 Å². The molecule has 0 radical (unpaired) electrons. The molecule has 6 heteroatoms. The number of carbonyl (C=O) groups is 1. The summed E-state index contributed by atoms with van der Waals surface area (Å²) >= 11 is 6.20. The maximum atomic E-state index is 13.3. The second-order valence-electron chi connectivity index (χ2n) is 7.67. The van der Waals surface area contributed by atoms with E-state index in [-0.39, 0.29) is 5.91 Å². The van der Waals surface area contributed by atoms with Crippen LogP contribution >= 0.6 is 11.6 Å². The molecular weight excluding hydrogens is 372 g/mol. The van der Waals surface area contributed by atoms with Crippen LogP contribution < -0.4 is 0 Å². The predicted molar refractivity (Wildman–Crippen MR) is 110 cm³/mol. The first-order chi connectivity index (χ1) is 13.7. The number of hydrogen-bond donors (Lipinski definition) is 0. The van der Waals surface area contributed by atoms with Gasteiger partial charge in [0.25, 0.3) is 5.91 Å². The Morgan fingerprint density at radius 3 is 2.50 bits per heavy atom. The molecule has 1 aliphatic heterocycles. The molecular formula is C22H21ClN4O. The molecule has 2 aromatic heterocycles. The molecule has 0 bridgehead atoms. The van der Waals surface area contributed by atoms with Crippen molar-refractivity contribution in [3.05, 3.63) is 53.1 Å². The van der Waals surface area contributed by atoms with Crippen molar-refractivity contribution < 1.29 is 4.79 Å². The molecule has 5 rings (SSSR count). The number of piperidine rings is 1.